The van der Waals surface area contributed by atoms with Gasteiger partial charge in [-0.3, -0.25) is 11.7 Å². The first-order valence-electron chi connectivity index (χ1n) is 2.73. The minimum Gasteiger partial charge on any atom is -0.257 e. The fraction of sp³-hybridized carbons (Fsp3) is 1.00. The van der Waals surface area contributed by atoms with Crippen LogP contribution in [0.25, 0.3) is 0 Å². The first-order valence-corrected chi connectivity index (χ1v) is 2.73. The average Bonchev–Trinajstić information content (AvgIpc) is 1.97. The maximum Gasteiger partial charge on any atom is 0.0831 e. The zero-order chi connectivity index (χ0) is 7.82. The van der Waals surface area contributed by atoms with Gasteiger partial charge in [0.2, 0.25) is 0 Å². The van der Waals surface area contributed by atoms with Gasteiger partial charge < -0.3 is 0 Å². The van der Waals surface area contributed by atoms with E-state index in [0.29, 0.717) is 0 Å². The van der Waals surface area contributed by atoms with Crippen molar-refractivity contribution in [3.05, 3.63) is 0 Å². The van der Waals surface area contributed by atoms with Gasteiger partial charge in [0.15, 0.2) is 0 Å². The minimum atomic E-state index is -0.0351. The largest absolute Gasteiger partial charge is 0.257 e. The van der Waals surface area contributed by atoms with E-state index >= 15 is 0 Å². The summed E-state index contributed by atoms with van der Waals surface area (Å²) < 4.78 is 0. The van der Waals surface area contributed by atoms with Gasteiger partial charge in [-0.05, 0) is 6.92 Å². The van der Waals surface area contributed by atoms with Crippen LogP contribution in [0.1, 0.15) is 6.92 Å². The lowest BCUT2D eigenvalue weighted by molar-refractivity contribution is 0.295. The van der Waals surface area contributed by atoms with Crippen molar-refractivity contribution in [2.45, 2.75) is 13.1 Å². The highest BCUT2D eigenvalue weighted by atomic mass is 15.7. The van der Waals surface area contributed by atoms with Gasteiger partial charge in [-0.2, -0.15) is 22.1 Å². The molecule has 0 aliphatic rings. The van der Waals surface area contributed by atoms with Gasteiger partial charge in [-0.25, -0.2) is 10.9 Å². The fourth-order valence-electron chi connectivity index (χ4n) is 0.336. The van der Waals surface area contributed by atoms with Gasteiger partial charge in [0.25, 0.3) is 0 Å². The summed E-state index contributed by atoms with van der Waals surface area (Å²) in [4.78, 5) is 0. The zero-order valence-electron chi connectivity index (χ0n) is 5.73. The summed E-state index contributed by atoms with van der Waals surface area (Å²) in [6.07, 6.45) is -0.0351. The zero-order valence-corrected chi connectivity index (χ0v) is 5.73. The standard InChI is InChI=1S/C2H14N8/c1-2(5-9-7-3)6-10-8-4/h2,5-10H,3-4H2,1H3. The molecule has 0 radical (unpaired) electrons. The predicted octanol–water partition coefficient (Wildman–Crippen LogP) is -3.72. The smallest absolute Gasteiger partial charge is 0.0831 e. The van der Waals surface area contributed by atoms with Crippen molar-refractivity contribution < 1.29 is 0 Å². The normalized spacial score (nSPS) is 10.8. The van der Waals surface area contributed by atoms with E-state index in [2.05, 4.69) is 33.0 Å². The van der Waals surface area contributed by atoms with Crippen molar-refractivity contribution in [3.8, 4) is 0 Å². The SMILES string of the molecule is CC(NNNN)NNNN. The van der Waals surface area contributed by atoms with Gasteiger partial charge in [0, 0.05) is 0 Å². The first-order chi connectivity index (χ1) is 4.81. The summed E-state index contributed by atoms with van der Waals surface area (Å²) in [7, 11) is 0. The second-order valence-electron chi connectivity index (χ2n) is 1.55. The Morgan fingerprint density at radius 3 is 1.70 bits per heavy atom. The number of hydrogen-bond acceptors (Lipinski definition) is 8. The Morgan fingerprint density at radius 1 is 1.00 bits per heavy atom. The summed E-state index contributed by atoms with van der Waals surface area (Å²) in [5, 5.41) is 0. The van der Waals surface area contributed by atoms with Gasteiger partial charge in [-0.1, -0.05) is 0 Å². The lowest BCUT2D eigenvalue weighted by atomic mass is 10.6. The van der Waals surface area contributed by atoms with Crippen LogP contribution in [0.2, 0.25) is 0 Å². The Morgan fingerprint density at radius 2 is 1.40 bits per heavy atom. The molecule has 0 aromatic carbocycles. The number of hydrazine groups is 6. The van der Waals surface area contributed by atoms with E-state index in [0.717, 1.165) is 0 Å². The molecule has 10 N–H and O–H groups in total. The monoisotopic (exact) mass is 150 g/mol. The van der Waals surface area contributed by atoms with Gasteiger partial charge >= 0.3 is 0 Å². The van der Waals surface area contributed by atoms with Crippen LogP contribution in [0, 0.1) is 0 Å². The Bertz CT molecular complexity index is 56.3. The summed E-state index contributed by atoms with van der Waals surface area (Å²) >= 11 is 0. The highest BCUT2D eigenvalue weighted by Crippen LogP contribution is 1.61. The summed E-state index contributed by atoms with van der Waals surface area (Å²) in [5.74, 6) is 9.79. The number of nitrogens with one attached hydrogen (secondary N) is 6. The van der Waals surface area contributed by atoms with Crippen LogP contribution in [-0.2, 0) is 0 Å². The van der Waals surface area contributed by atoms with Crippen molar-refractivity contribution in [1.29, 1.82) is 0 Å². The van der Waals surface area contributed by atoms with Crippen LogP contribution in [0.4, 0.5) is 0 Å². The highest BCUT2D eigenvalue weighted by Gasteiger charge is 1.94. The third-order valence-electron chi connectivity index (χ3n) is 0.722. The average molecular weight is 150 g/mol. The van der Waals surface area contributed by atoms with Gasteiger partial charge in [0.1, 0.15) is 0 Å². The molecule has 0 saturated heterocycles. The van der Waals surface area contributed by atoms with Crippen molar-refractivity contribution >= 4 is 0 Å². The molecular formula is C2H14N8. The molecule has 0 aromatic rings. The fourth-order valence-corrected chi connectivity index (χ4v) is 0.336. The molecule has 0 aliphatic carbocycles. The van der Waals surface area contributed by atoms with Crippen LogP contribution >= 0.6 is 0 Å². The van der Waals surface area contributed by atoms with E-state index in [-0.39, 0.29) is 6.17 Å². The Labute approximate surface area is 58.9 Å². The Hall–Kier alpha value is -0.320. The molecule has 0 amide bonds. The molecule has 0 unspecified atom stereocenters. The lowest BCUT2D eigenvalue weighted by Gasteiger charge is -2.15. The van der Waals surface area contributed by atoms with Gasteiger partial charge in [-0.15, -0.1) is 0 Å². The number of nitrogens with two attached hydrogens (primary N) is 2. The van der Waals surface area contributed by atoms with Crippen molar-refractivity contribution in [3.63, 3.8) is 0 Å². The van der Waals surface area contributed by atoms with E-state index in [9.17, 15) is 0 Å². The van der Waals surface area contributed by atoms with Crippen molar-refractivity contribution in [1.82, 2.24) is 33.0 Å². The molecule has 62 valence electrons. The van der Waals surface area contributed by atoms with Gasteiger partial charge in [0.05, 0.1) is 6.17 Å². The molecule has 0 aromatic heterocycles. The molecule has 0 rings (SSSR count). The molecule has 8 nitrogen and oxygen atoms in total. The van der Waals surface area contributed by atoms with E-state index < -0.39 is 0 Å². The molecule has 0 aliphatic heterocycles. The van der Waals surface area contributed by atoms with E-state index in [1.165, 1.54) is 0 Å². The molecule has 10 heavy (non-hydrogen) atoms. The molecule has 8 heteroatoms. The Kier molecular flexibility index (Phi) is 6.58. The quantitative estimate of drug-likeness (QED) is 0.110. The second-order valence-corrected chi connectivity index (χ2v) is 1.55. The molecule has 0 heterocycles. The third-order valence-corrected chi connectivity index (χ3v) is 0.722. The van der Waals surface area contributed by atoms with Crippen LogP contribution in [0.5, 0.6) is 0 Å². The second kappa shape index (κ2) is 6.80. The van der Waals surface area contributed by atoms with Crippen LogP contribution in [0.15, 0.2) is 0 Å². The molecule has 0 spiro atoms. The predicted molar refractivity (Wildman–Crippen MR) is 36.7 cm³/mol. The third kappa shape index (κ3) is 5.81. The Balaban J connectivity index is 3.00. The summed E-state index contributed by atoms with van der Waals surface area (Å²) in [5.41, 5.74) is 14.7. The first kappa shape index (κ1) is 9.68. The summed E-state index contributed by atoms with van der Waals surface area (Å²) in [6, 6.07) is 0. The van der Waals surface area contributed by atoms with Crippen molar-refractivity contribution in [2.75, 3.05) is 0 Å². The molecule has 0 saturated carbocycles. The van der Waals surface area contributed by atoms with Crippen LogP contribution < -0.4 is 44.7 Å². The lowest BCUT2D eigenvalue weighted by Crippen LogP contribution is -2.60. The maximum atomic E-state index is 4.89. The van der Waals surface area contributed by atoms with E-state index in [4.69, 9.17) is 11.7 Å². The highest BCUT2D eigenvalue weighted by molar-refractivity contribution is 4.44. The molecule has 0 atom stereocenters. The molecule has 0 fully saturated rings. The van der Waals surface area contributed by atoms with E-state index in [1.807, 2.05) is 6.92 Å². The summed E-state index contributed by atoms with van der Waals surface area (Å²) in [6.45, 7) is 1.84. The molecular weight excluding hydrogens is 136 g/mol. The maximum absolute atomic E-state index is 4.89. The van der Waals surface area contributed by atoms with Crippen LogP contribution in [-0.4, -0.2) is 6.17 Å². The number of rotatable bonds is 6. The number of hydrogen-bond donors (Lipinski definition) is 8. The van der Waals surface area contributed by atoms with Crippen LogP contribution in [0.3, 0.4) is 0 Å². The van der Waals surface area contributed by atoms with Crippen molar-refractivity contribution in [2.24, 2.45) is 11.7 Å². The molecule has 0 bridgehead atoms. The minimum absolute atomic E-state index is 0.0351. The van der Waals surface area contributed by atoms with E-state index in [1.54, 1.807) is 0 Å². The topological polar surface area (TPSA) is 124 Å².